The molecule has 0 aliphatic rings. The van der Waals surface area contributed by atoms with Gasteiger partial charge in [-0.15, -0.1) is 0 Å². The first-order chi connectivity index (χ1) is 6.95. The van der Waals surface area contributed by atoms with Crippen LogP contribution in [0.25, 0.3) is 0 Å². The van der Waals surface area contributed by atoms with Crippen LogP contribution < -0.4 is 4.72 Å². The van der Waals surface area contributed by atoms with Gasteiger partial charge in [0.05, 0.1) is 25.9 Å². The molecule has 0 bridgehead atoms. The van der Waals surface area contributed by atoms with Crippen molar-refractivity contribution in [2.75, 3.05) is 25.6 Å². The highest BCUT2D eigenvalue weighted by molar-refractivity contribution is 7.90. The second-order valence-corrected chi connectivity index (χ2v) is 4.50. The van der Waals surface area contributed by atoms with Crippen LogP contribution in [0.15, 0.2) is 0 Å². The zero-order valence-corrected chi connectivity index (χ0v) is 9.16. The van der Waals surface area contributed by atoms with E-state index in [9.17, 15) is 13.2 Å². The fourth-order valence-corrected chi connectivity index (χ4v) is 1.92. The number of sulfonamides is 1. The number of carbonyl (C=O) groups excluding carboxylic acids is 1. The quantitative estimate of drug-likeness (QED) is 0.437. The Kier molecular flexibility index (Phi) is 6.41. The van der Waals surface area contributed by atoms with E-state index in [4.69, 9.17) is 10.2 Å². The molecule has 0 amide bonds. The summed E-state index contributed by atoms with van der Waals surface area (Å²) < 4.78 is 28.8. The van der Waals surface area contributed by atoms with Crippen molar-refractivity contribution in [1.29, 1.82) is 0 Å². The molecule has 15 heavy (non-hydrogen) atoms. The van der Waals surface area contributed by atoms with Gasteiger partial charge in [0.2, 0.25) is 10.0 Å². The minimum atomic E-state index is -3.87. The van der Waals surface area contributed by atoms with Gasteiger partial charge in [0.25, 0.3) is 0 Å². The molecule has 0 aromatic carbocycles. The number of nitrogens with one attached hydrogen (secondary N) is 1. The molecule has 0 heterocycles. The number of aliphatic hydroxyl groups is 2. The van der Waals surface area contributed by atoms with Gasteiger partial charge in [0.1, 0.15) is 0 Å². The summed E-state index contributed by atoms with van der Waals surface area (Å²) in [7, 11) is -3.87. The molecule has 7 nitrogen and oxygen atoms in total. The Morgan fingerprint density at radius 3 is 2.33 bits per heavy atom. The van der Waals surface area contributed by atoms with Crippen molar-refractivity contribution in [3.8, 4) is 0 Å². The van der Waals surface area contributed by atoms with Crippen molar-refractivity contribution < 1.29 is 28.2 Å². The summed E-state index contributed by atoms with van der Waals surface area (Å²) in [6.07, 6.45) is 0. The molecule has 0 spiro atoms. The van der Waals surface area contributed by atoms with Crippen molar-refractivity contribution in [2.24, 2.45) is 0 Å². The molecule has 0 aliphatic carbocycles. The monoisotopic (exact) mass is 241 g/mol. The topological polar surface area (TPSA) is 113 Å². The first-order valence-corrected chi connectivity index (χ1v) is 5.97. The predicted molar refractivity (Wildman–Crippen MR) is 51.5 cm³/mol. The Balaban J connectivity index is 4.24. The van der Waals surface area contributed by atoms with Crippen molar-refractivity contribution in [2.45, 2.75) is 13.0 Å². The van der Waals surface area contributed by atoms with Crippen LogP contribution in [-0.2, 0) is 19.6 Å². The summed E-state index contributed by atoms with van der Waals surface area (Å²) in [4.78, 5) is 10.9. The second kappa shape index (κ2) is 6.72. The highest BCUT2D eigenvalue weighted by Gasteiger charge is 2.20. The minimum absolute atomic E-state index is 0.0950. The summed E-state index contributed by atoms with van der Waals surface area (Å²) in [6.45, 7) is 0.567. The number of hydrogen-bond acceptors (Lipinski definition) is 6. The average molecular weight is 241 g/mol. The van der Waals surface area contributed by atoms with E-state index in [0.717, 1.165) is 0 Å². The molecule has 0 atom stereocenters. The maximum atomic E-state index is 11.2. The zero-order chi connectivity index (χ0) is 11.9. The van der Waals surface area contributed by atoms with Crippen molar-refractivity contribution >= 4 is 16.0 Å². The maximum Gasteiger partial charge on any atom is 0.322 e. The number of rotatable bonds is 7. The first kappa shape index (κ1) is 14.3. The molecular weight excluding hydrogens is 226 g/mol. The van der Waals surface area contributed by atoms with Gasteiger partial charge in [0, 0.05) is 0 Å². The predicted octanol–water partition coefficient (Wildman–Crippen LogP) is -2.18. The molecule has 0 radical (unpaired) electrons. The lowest BCUT2D eigenvalue weighted by molar-refractivity contribution is -0.139. The van der Waals surface area contributed by atoms with Crippen LogP contribution in [0.3, 0.4) is 0 Å². The summed E-state index contributed by atoms with van der Waals surface area (Å²) in [6, 6.07) is -0.996. The molecule has 0 fully saturated rings. The molecule has 0 rings (SSSR count). The Bertz CT molecular complexity index is 284. The Morgan fingerprint density at radius 2 is 1.93 bits per heavy atom. The van der Waals surface area contributed by atoms with E-state index < -0.39 is 41.0 Å². The van der Waals surface area contributed by atoms with Crippen molar-refractivity contribution in [3.63, 3.8) is 0 Å². The van der Waals surface area contributed by atoms with Gasteiger partial charge in [-0.25, -0.2) is 13.1 Å². The smallest absolute Gasteiger partial charge is 0.322 e. The number of esters is 1. The molecule has 0 aromatic heterocycles. The van der Waals surface area contributed by atoms with E-state index in [1.807, 2.05) is 4.72 Å². The summed E-state index contributed by atoms with van der Waals surface area (Å²) >= 11 is 0. The maximum absolute atomic E-state index is 11.2. The molecule has 0 saturated carbocycles. The largest absolute Gasteiger partial charge is 0.465 e. The number of ether oxygens (including phenoxy) is 1. The molecule has 0 saturated heterocycles. The average Bonchev–Trinajstić information content (AvgIpc) is 2.13. The van der Waals surface area contributed by atoms with Gasteiger partial charge in [-0.05, 0) is 6.92 Å². The fourth-order valence-electron chi connectivity index (χ4n) is 0.786. The molecule has 3 N–H and O–H groups in total. The lowest BCUT2D eigenvalue weighted by atomic mass is 10.4. The molecular formula is C7H15NO6S. The van der Waals surface area contributed by atoms with Gasteiger partial charge in [-0.3, -0.25) is 4.79 Å². The molecule has 90 valence electrons. The zero-order valence-electron chi connectivity index (χ0n) is 8.34. The SMILES string of the molecule is CCOC(=O)CS(=O)(=O)NC(CO)CO. The Hall–Kier alpha value is -0.700. The highest BCUT2D eigenvalue weighted by Crippen LogP contribution is 1.91. The summed E-state index contributed by atoms with van der Waals surface area (Å²) in [5.41, 5.74) is 0. The molecule has 0 unspecified atom stereocenters. The van der Waals surface area contributed by atoms with E-state index in [2.05, 4.69) is 4.74 Å². The third kappa shape index (κ3) is 6.39. The normalized spacial score (nSPS) is 11.7. The third-order valence-electron chi connectivity index (χ3n) is 1.40. The van der Waals surface area contributed by atoms with Crippen LogP contribution in [0.4, 0.5) is 0 Å². The number of carbonyl (C=O) groups is 1. The lowest BCUT2D eigenvalue weighted by Crippen LogP contribution is -2.42. The highest BCUT2D eigenvalue weighted by atomic mass is 32.2. The molecule has 8 heteroatoms. The summed E-state index contributed by atoms with van der Waals surface area (Å²) in [5.74, 6) is -1.70. The van der Waals surface area contributed by atoms with Crippen LogP contribution in [-0.4, -0.2) is 56.2 Å². The van der Waals surface area contributed by atoms with Crippen molar-refractivity contribution in [1.82, 2.24) is 4.72 Å². The van der Waals surface area contributed by atoms with E-state index in [0.29, 0.717) is 0 Å². The van der Waals surface area contributed by atoms with Crippen LogP contribution in [0.2, 0.25) is 0 Å². The van der Waals surface area contributed by atoms with E-state index in [1.165, 1.54) is 0 Å². The standard InChI is InChI=1S/C7H15NO6S/c1-2-14-7(11)5-15(12,13)8-6(3-9)4-10/h6,8-10H,2-5H2,1H3. The van der Waals surface area contributed by atoms with Crippen LogP contribution in [0, 0.1) is 0 Å². The fraction of sp³-hybridized carbons (Fsp3) is 0.857. The minimum Gasteiger partial charge on any atom is -0.465 e. The van der Waals surface area contributed by atoms with E-state index in [1.54, 1.807) is 6.92 Å². The number of aliphatic hydroxyl groups excluding tert-OH is 2. The van der Waals surface area contributed by atoms with Crippen LogP contribution in [0.1, 0.15) is 6.92 Å². The Morgan fingerprint density at radius 1 is 1.40 bits per heavy atom. The van der Waals surface area contributed by atoms with Crippen LogP contribution >= 0.6 is 0 Å². The Labute approximate surface area is 88.1 Å². The third-order valence-corrected chi connectivity index (χ3v) is 2.71. The van der Waals surface area contributed by atoms with Crippen LogP contribution in [0.5, 0.6) is 0 Å². The van der Waals surface area contributed by atoms with Gasteiger partial charge in [0.15, 0.2) is 5.75 Å². The lowest BCUT2D eigenvalue weighted by Gasteiger charge is -2.12. The first-order valence-electron chi connectivity index (χ1n) is 4.32. The van der Waals surface area contributed by atoms with Gasteiger partial charge in [-0.2, -0.15) is 0 Å². The van der Waals surface area contributed by atoms with Crippen molar-refractivity contribution in [3.05, 3.63) is 0 Å². The second-order valence-electron chi connectivity index (χ2n) is 2.74. The van der Waals surface area contributed by atoms with Gasteiger partial charge >= 0.3 is 5.97 Å². The van der Waals surface area contributed by atoms with Gasteiger partial charge < -0.3 is 14.9 Å². The molecule has 0 aliphatic heterocycles. The van der Waals surface area contributed by atoms with E-state index >= 15 is 0 Å². The summed E-state index contributed by atoms with van der Waals surface area (Å²) in [5, 5.41) is 17.2. The van der Waals surface area contributed by atoms with E-state index in [-0.39, 0.29) is 6.61 Å². The molecule has 0 aromatic rings. The van der Waals surface area contributed by atoms with Gasteiger partial charge in [-0.1, -0.05) is 0 Å². The number of hydrogen-bond donors (Lipinski definition) is 3.